The molecule has 0 saturated carbocycles. The molecule has 2 aromatic carbocycles. The third-order valence-electron chi connectivity index (χ3n) is 5.09. The second-order valence-corrected chi connectivity index (χ2v) is 7.55. The van der Waals surface area contributed by atoms with Gasteiger partial charge in [-0.2, -0.15) is 0 Å². The molecule has 0 atom stereocenters. The number of aromatic nitrogens is 1. The van der Waals surface area contributed by atoms with Gasteiger partial charge in [-0.25, -0.2) is 0 Å². The number of para-hydroxylation sites is 1. The highest BCUT2D eigenvalue weighted by atomic mass is 16.5. The number of rotatable bonds is 10. The third-order valence-corrected chi connectivity index (χ3v) is 5.09. The highest BCUT2D eigenvalue weighted by Crippen LogP contribution is 2.28. The van der Waals surface area contributed by atoms with Crippen LogP contribution in [0.15, 0.2) is 48.7 Å². The summed E-state index contributed by atoms with van der Waals surface area (Å²) in [5.74, 6) is 0.894. The fourth-order valence-corrected chi connectivity index (χ4v) is 3.28. The van der Waals surface area contributed by atoms with Crippen molar-refractivity contribution in [2.45, 2.75) is 25.8 Å². The van der Waals surface area contributed by atoms with E-state index in [1.165, 1.54) is 15.8 Å². The van der Waals surface area contributed by atoms with Crippen LogP contribution in [0, 0.1) is 0 Å². The first-order chi connectivity index (χ1) is 15.0. The summed E-state index contributed by atoms with van der Waals surface area (Å²) in [5, 5.41) is 4.16. The van der Waals surface area contributed by atoms with Crippen LogP contribution in [-0.4, -0.2) is 49.5 Å². The molecule has 0 fully saturated rings. The Morgan fingerprint density at radius 2 is 1.90 bits per heavy atom. The van der Waals surface area contributed by atoms with E-state index in [9.17, 15) is 9.59 Å². The fourth-order valence-electron chi connectivity index (χ4n) is 3.28. The fraction of sp³-hybridized carbons (Fsp3) is 0.333. The molecule has 0 spiro atoms. The molecule has 0 unspecified atom stereocenters. The quantitative estimate of drug-likeness (QED) is 0.524. The van der Waals surface area contributed by atoms with E-state index in [2.05, 4.69) is 22.4 Å². The minimum Gasteiger partial charge on any atom is -0.493 e. The van der Waals surface area contributed by atoms with Crippen LogP contribution >= 0.6 is 0 Å². The number of carbonyl (C=O) groups is 2. The van der Waals surface area contributed by atoms with E-state index in [-0.39, 0.29) is 18.4 Å². The van der Waals surface area contributed by atoms with Gasteiger partial charge in [-0.15, -0.1) is 0 Å². The molecule has 0 bridgehead atoms. The Labute approximate surface area is 182 Å². The molecule has 0 radical (unpaired) electrons. The van der Waals surface area contributed by atoms with Gasteiger partial charge in [-0.1, -0.05) is 24.3 Å². The maximum Gasteiger partial charge on any atom is 0.259 e. The lowest BCUT2D eigenvalue weighted by molar-refractivity contribution is -0.130. The molecule has 164 valence electrons. The molecular weight excluding hydrogens is 394 g/mol. The van der Waals surface area contributed by atoms with Crippen molar-refractivity contribution in [3.63, 3.8) is 0 Å². The Bertz CT molecular complexity index is 1040. The van der Waals surface area contributed by atoms with Crippen molar-refractivity contribution in [1.82, 2.24) is 15.2 Å². The molecule has 31 heavy (non-hydrogen) atoms. The molecule has 0 aliphatic carbocycles. The number of likely N-dealkylation sites (N-methyl/N-ethyl adjacent to an activating group) is 1. The van der Waals surface area contributed by atoms with E-state index in [1.54, 1.807) is 27.3 Å². The minimum absolute atomic E-state index is 0.00992. The molecular formula is C24H29N3O4. The summed E-state index contributed by atoms with van der Waals surface area (Å²) in [4.78, 5) is 28.7. The van der Waals surface area contributed by atoms with Gasteiger partial charge in [-0.3, -0.25) is 9.59 Å². The van der Waals surface area contributed by atoms with Gasteiger partial charge in [0, 0.05) is 44.2 Å². The number of benzene rings is 2. The highest BCUT2D eigenvalue weighted by Gasteiger charge is 2.11. The summed E-state index contributed by atoms with van der Waals surface area (Å²) in [6.45, 7) is 0.342. The first-order valence-electron chi connectivity index (χ1n) is 10.3. The average Bonchev–Trinajstić information content (AvgIpc) is 3.19. The lowest BCUT2D eigenvalue weighted by Crippen LogP contribution is -2.27. The predicted octanol–water partition coefficient (Wildman–Crippen LogP) is 3.28. The number of hydrogen-bond acceptors (Lipinski definition) is 4. The second-order valence-electron chi connectivity index (χ2n) is 7.55. The Hall–Kier alpha value is -3.48. The van der Waals surface area contributed by atoms with Gasteiger partial charge in [0.1, 0.15) is 0 Å². The van der Waals surface area contributed by atoms with Crippen molar-refractivity contribution in [1.29, 1.82) is 0 Å². The molecule has 0 aliphatic rings. The number of methoxy groups -OCH3 is 1. The number of amides is 2. The third kappa shape index (κ3) is 6.01. The number of aryl methyl sites for hydroxylation is 1. The number of hydrogen-bond donors (Lipinski definition) is 2. The highest BCUT2D eigenvalue weighted by molar-refractivity contribution is 5.83. The summed E-state index contributed by atoms with van der Waals surface area (Å²) in [5.41, 5.74) is 3.25. The summed E-state index contributed by atoms with van der Waals surface area (Å²) in [7, 11) is 4.90. The molecule has 3 aromatic rings. The van der Waals surface area contributed by atoms with Crippen molar-refractivity contribution < 1.29 is 19.1 Å². The van der Waals surface area contributed by atoms with Crippen LogP contribution in [0.5, 0.6) is 11.5 Å². The van der Waals surface area contributed by atoms with E-state index < -0.39 is 0 Å². The molecule has 2 amide bonds. The number of fused-ring (bicyclic) bond motifs is 1. The molecule has 2 N–H and O–H groups in total. The van der Waals surface area contributed by atoms with E-state index >= 15 is 0 Å². The van der Waals surface area contributed by atoms with Gasteiger partial charge >= 0.3 is 0 Å². The number of aromatic amines is 1. The van der Waals surface area contributed by atoms with Crippen LogP contribution in [0.3, 0.4) is 0 Å². The zero-order chi connectivity index (χ0) is 22.2. The monoisotopic (exact) mass is 423 g/mol. The van der Waals surface area contributed by atoms with Gasteiger partial charge in [0.15, 0.2) is 18.1 Å². The maximum atomic E-state index is 12.3. The van der Waals surface area contributed by atoms with Gasteiger partial charge in [0.05, 0.1) is 7.11 Å². The van der Waals surface area contributed by atoms with E-state index in [4.69, 9.17) is 9.47 Å². The Morgan fingerprint density at radius 1 is 1.10 bits per heavy atom. The Morgan fingerprint density at radius 3 is 2.68 bits per heavy atom. The summed E-state index contributed by atoms with van der Waals surface area (Å²) in [6, 6.07) is 13.6. The second kappa shape index (κ2) is 10.5. The van der Waals surface area contributed by atoms with Crippen LogP contribution < -0.4 is 14.8 Å². The molecule has 0 saturated heterocycles. The first kappa shape index (κ1) is 22.2. The first-order valence-corrected chi connectivity index (χ1v) is 10.3. The molecule has 1 heterocycles. The van der Waals surface area contributed by atoms with Crippen LogP contribution in [-0.2, 0) is 22.6 Å². The standard InChI is InChI=1S/C24H29N3O4/c1-27(2)24(29)16-31-21-12-11-17(13-22(21)30-3)14-26-23(28)10-6-7-18-15-25-20-9-5-4-8-19(18)20/h4-5,8-9,11-13,15,25H,6-7,10,14,16H2,1-3H3,(H,26,28). The largest absolute Gasteiger partial charge is 0.493 e. The number of nitrogens with one attached hydrogen (secondary N) is 2. The Balaban J connectivity index is 1.46. The smallest absolute Gasteiger partial charge is 0.259 e. The zero-order valence-electron chi connectivity index (χ0n) is 18.2. The summed E-state index contributed by atoms with van der Waals surface area (Å²) in [6.07, 6.45) is 4.11. The van der Waals surface area contributed by atoms with Gasteiger partial charge in [-0.05, 0) is 42.2 Å². The summed E-state index contributed by atoms with van der Waals surface area (Å²) >= 11 is 0. The van der Waals surface area contributed by atoms with Crippen LogP contribution in [0.2, 0.25) is 0 Å². The van der Waals surface area contributed by atoms with Gasteiger partial charge < -0.3 is 24.7 Å². The normalized spacial score (nSPS) is 10.7. The van der Waals surface area contributed by atoms with Crippen molar-refractivity contribution in [2.75, 3.05) is 27.8 Å². The number of H-pyrrole nitrogens is 1. The van der Waals surface area contributed by atoms with Crippen molar-refractivity contribution >= 4 is 22.7 Å². The van der Waals surface area contributed by atoms with Crippen molar-refractivity contribution in [3.8, 4) is 11.5 Å². The van der Waals surface area contributed by atoms with Crippen molar-refractivity contribution in [2.24, 2.45) is 0 Å². The van der Waals surface area contributed by atoms with Crippen LogP contribution in [0.4, 0.5) is 0 Å². The topological polar surface area (TPSA) is 83.7 Å². The maximum absolute atomic E-state index is 12.3. The SMILES string of the molecule is COc1cc(CNC(=O)CCCc2c[nH]c3ccccc23)ccc1OCC(=O)N(C)C. The Kier molecular flexibility index (Phi) is 7.54. The molecule has 7 nitrogen and oxygen atoms in total. The summed E-state index contributed by atoms with van der Waals surface area (Å²) < 4.78 is 10.9. The predicted molar refractivity (Wildman–Crippen MR) is 120 cm³/mol. The average molecular weight is 424 g/mol. The molecule has 3 rings (SSSR count). The van der Waals surface area contributed by atoms with E-state index in [0.717, 1.165) is 23.9 Å². The van der Waals surface area contributed by atoms with Gasteiger partial charge in [0.25, 0.3) is 5.91 Å². The lowest BCUT2D eigenvalue weighted by atomic mass is 10.1. The number of nitrogens with zero attached hydrogens (tertiary/aromatic N) is 1. The number of carbonyl (C=O) groups excluding carboxylic acids is 2. The molecule has 0 aliphatic heterocycles. The van der Waals surface area contributed by atoms with E-state index in [1.807, 2.05) is 30.5 Å². The van der Waals surface area contributed by atoms with Gasteiger partial charge in [0.2, 0.25) is 5.91 Å². The zero-order valence-corrected chi connectivity index (χ0v) is 18.2. The minimum atomic E-state index is -0.133. The molecule has 7 heteroatoms. The van der Waals surface area contributed by atoms with E-state index in [0.29, 0.717) is 24.5 Å². The van der Waals surface area contributed by atoms with Crippen molar-refractivity contribution in [3.05, 3.63) is 59.8 Å². The molecule has 1 aromatic heterocycles. The van der Waals surface area contributed by atoms with Crippen LogP contribution in [0.25, 0.3) is 10.9 Å². The number of ether oxygens (including phenoxy) is 2. The lowest BCUT2D eigenvalue weighted by Gasteiger charge is -2.14. The van der Waals surface area contributed by atoms with Crippen LogP contribution in [0.1, 0.15) is 24.0 Å².